The molecule has 0 unspecified atom stereocenters. The van der Waals surface area contributed by atoms with Gasteiger partial charge in [-0.25, -0.2) is 0 Å². The summed E-state index contributed by atoms with van der Waals surface area (Å²) in [6.07, 6.45) is 0.0439. The number of hydrogen-bond acceptors (Lipinski definition) is 4. The zero-order chi connectivity index (χ0) is 14.3. The third kappa shape index (κ3) is 1.88. The van der Waals surface area contributed by atoms with E-state index in [1.54, 1.807) is 23.1 Å². The van der Waals surface area contributed by atoms with E-state index in [1.165, 1.54) is 0 Å². The van der Waals surface area contributed by atoms with Crippen molar-refractivity contribution in [1.82, 2.24) is 4.90 Å². The van der Waals surface area contributed by atoms with Gasteiger partial charge in [0.25, 0.3) is 0 Å². The molecule has 1 aromatic carbocycles. The normalized spacial score (nSPS) is 24.2. The van der Waals surface area contributed by atoms with E-state index < -0.39 is 17.9 Å². The molecular weight excluding hydrogens is 262 g/mol. The smallest absolute Gasteiger partial charge is 0.309 e. The lowest BCUT2D eigenvalue weighted by molar-refractivity contribution is -0.142. The molecule has 1 aromatic rings. The van der Waals surface area contributed by atoms with Gasteiger partial charge in [-0.3, -0.25) is 9.59 Å². The molecule has 2 aliphatic rings. The second kappa shape index (κ2) is 4.70. The van der Waals surface area contributed by atoms with Crippen molar-refractivity contribution in [3.05, 3.63) is 23.8 Å². The van der Waals surface area contributed by atoms with Gasteiger partial charge in [0, 0.05) is 13.0 Å². The highest BCUT2D eigenvalue weighted by Gasteiger charge is 2.44. The predicted octanol–water partition coefficient (Wildman–Crippen LogP) is 1.41. The van der Waals surface area contributed by atoms with E-state index in [0.717, 1.165) is 5.56 Å². The van der Waals surface area contributed by atoms with Crippen LogP contribution in [0.2, 0.25) is 0 Å². The van der Waals surface area contributed by atoms with Gasteiger partial charge in [-0.05, 0) is 24.6 Å². The summed E-state index contributed by atoms with van der Waals surface area (Å²) in [5, 5.41) is 9.33. The largest absolute Gasteiger partial charge is 0.481 e. The summed E-state index contributed by atoms with van der Waals surface area (Å²) >= 11 is 0. The Morgan fingerprint density at radius 1 is 1.40 bits per heavy atom. The molecule has 20 heavy (non-hydrogen) atoms. The maximum atomic E-state index is 11.9. The lowest BCUT2D eigenvalue weighted by Gasteiger charge is -2.26. The number of likely N-dealkylation sites (tertiary alicyclic amines) is 1. The molecule has 0 saturated carbocycles. The third-order valence-electron chi connectivity index (χ3n) is 3.83. The maximum Gasteiger partial charge on any atom is 0.309 e. The number of hydrogen-bond donors (Lipinski definition) is 1. The Morgan fingerprint density at radius 2 is 2.15 bits per heavy atom. The fourth-order valence-corrected chi connectivity index (χ4v) is 2.89. The number of aliphatic carboxylic acids is 1. The third-order valence-corrected chi connectivity index (χ3v) is 3.83. The molecule has 1 N–H and O–H groups in total. The zero-order valence-corrected chi connectivity index (χ0v) is 11.0. The van der Waals surface area contributed by atoms with Crippen LogP contribution in [-0.4, -0.2) is 35.2 Å². The summed E-state index contributed by atoms with van der Waals surface area (Å²) in [5.74, 6) is -0.544. The van der Waals surface area contributed by atoms with Crippen molar-refractivity contribution in [2.75, 3.05) is 13.3 Å². The molecule has 1 fully saturated rings. The van der Waals surface area contributed by atoms with Crippen molar-refractivity contribution in [3.63, 3.8) is 0 Å². The van der Waals surface area contributed by atoms with E-state index in [0.29, 0.717) is 18.0 Å². The average molecular weight is 277 g/mol. The Hall–Kier alpha value is -2.24. The van der Waals surface area contributed by atoms with Gasteiger partial charge in [-0.2, -0.15) is 0 Å². The molecule has 6 heteroatoms. The number of carbonyl (C=O) groups is 2. The standard InChI is InChI=1S/C14H15NO5/c1-2-15-12(16)6-9(14(17)18)13(15)8-3-4-10-11(5-8)20-7-19-10/h3-5,9,13H,2,6-7H2,1H3,(H,17,18)/t9-,13+/m1/s1. The number of rotatable bonds is 3. The van der Waals surface area contributed by atoms with Crippen LogP contribution in [-0.2, 0) is 9.59 Å². The Labute approximate surface area is 115 Å². The minimum Gasteiger partial charge on any atom is -0.481 e. The summed E-state index contributed by atoms with van der Waals surface area (Å²) in [7, 11) is 0. The van der Waals surface area contributed by atoms with Crippen LogP contribution in [0, 0.1) is 5.92 Å². The Kier molecular flexibility index (Phi) is 3.00. The SMILES string of the molecule is CCN1C(=O)C[C@@H](C(=O)O)[C@@H]1c1ccc2c(c1)OCO2. The van der Waals surface area contributed by atoms with Crippen molar-refractivity contribution >= 4 is 11.9 Å². The van der Waals surface area contributed by atoms with Crippen molar-refractivity contribution in [2.24, 2.45) is 5.92 Å². The van der Waals surface area contributed by atoms with E-state index in [2.05, 4.69) is 0 Å². The fourth-order valence-electron chi connectivity index (χ4n) is 2.89. The number of ether oxygens (including phenoxy) is 2. The summed E-state index contributed by atoms with van der Waals surface area (Å²) in [5.41, 5.74) is 0.773. The van der Waals surface area contributed by atoms with Crippen LogP contribution >= 0.6 is 0 Å². The first-order chi connectivity index (χ1) is 9.61. The number of carboxylic acids is 1. The van der Waals surface area contributed by atoms with Gasteiger partial charge in [0.05, 0.1) is 12.0 Å². The molecule has 0 radical (unpaired) electrons. The molecule has 6 nitrogen and oxygen atoms in total. The highest BCUT2D eigenvalue weighted by Crippen LogP contribution is 2.42. The van der Waals surface area contributed by atoms with Gasteiger partial charge in [0.2, 0.25) is 12.7 Å². The van der Waals surface area contributed by atoms with E-state index in [4.69, 9.17) is 9.47 Å². The summed E-state index contributed by atoms with van der Waals surface area (Å²) in [6.45, 7) is 2.51. The van der Waals surface area contributed by atoms with Gasteiger partial charge in [-0.15, -0.1) is 0 Å². The molecule has 0 aromatic heterocycles. The number of carboxylic acid groups (broad SMARTS) is 1. The fraction of sp³-hybridized carbons (Fsp3) is 0.429. The summed E-state index contributed by atoms with van der Waals surface area (Å²) in [4.78, 5) is 24.9. The zero-order valence-electron chi connectivity index (χ0n) is 11.0. The Bertz CT molecular complexity index is 571. The van der Waals surface area contributed by atoms with E-state index in [9.17, 15) is 14.7 Å². The van der Waals surface area contributed by atoms with Crippen LogP contribution in [0.15, 0.2) is 18.2 Å². The maximum absolute atomic E-state index is 11.9. The van der Waals surface area contributed by atoms with E-state index >= 15 is 0 Å². The van der Waals surface area contributed by atoms with Crippen LogP contribution in [0.4, 0.5) is 0 Å². The van der Waals surface area contributed by atoms with Crippen molar-refractivity contribution in [1.29, 1.82) is 0 Å². The van der Waals surface area contributed by atoms with Crippen molar-refractivity contribution in [3.8, 4) is 11.5 Å². The molecule has 2 atom stereocenters. The monoisotopic (exact) mass is 277 g/mol. The van der Waals surface area contributed by atoms with Gasteiger partial charge in [0.15, 0.2) is 11.5 Å². The molecule has 2 aliphatic heterocycles. The van der Waals surface area contributed by atoms with Crippen LogP contribution in [0.5, 0.6) is 11.5 Å². The minimum absolute atomic E-state index is 0.0439. The Morgan fingerprint density at radius 3 is 2.85 bits per heavy atom. The number of carbonyl (C=O) groups excluding carboxylic acids is 1. The van der Waals surface area contributed by atoms with Crippen molar-refractivity contribution < 1.29 is 24.2 Å². The van der Waals surface area contributed by atoms with Crippen LogP contribution in [0.3, 0.4) is 0 Å². The Balaban J connectivity index is 2.00. The van der Waals surface area contributed by atoms with Gasteiger partial charge < -0.3 is 19.5 Å². The van der Waals surface area contributed by atoms with Crippen molar-refractivity contribution in [2.45, 2.75) is 19.4 Å². The summed E-state index contributed by atoms with van der Waals surface area (Å²) in [6, 6.07) is 4.88. The highest BCUT2D eigenvalue weighted by atomic mass is 16.7. The van der Waals surface area contributed by atoms with E-state index in [-0.39, 0.29) is 19.1 Å². The number of amides is 1. The molecule has 1 saturated heterocycles. The molecule has 1 amide bonds. The number of nitrogens with zero attached hydrogens (tertiary/aromatic N) is 1. The van der Waals surface area contributed by atoms with Crippen LogP contribution in [0.1, 0.15) is 24.9 Å². The second-order valence-electron chi connectivity index (χ2n) is 4.89. The molecule has 0 aliphatic carbocycles. The highest BCUT2D eigenvalue weighted by molar-refractivity contribution is 5.87. The first-order valence-electron chi connectivity index (χ1n) is 6.53. The lowest BCUT2D eigenvalue weighted by atomic mass is 9.93. The molecule has 0 spiro atoms. The summed E-state index contributed by atoms with van der Waals surface area (Å²) < 4.78 is 10.6. The number of fused-ring (bicyclic) bond motifs is 1. The van der Waals surface area contributed by atoms with E-state index in [1.807, 2.05) is 6.92 Å². The predicted molar refractivity (Wildman–Crippen MR) is 68.4 cm³/mol. The second-order valence-corrected chi connectivity index (χ2v) is 4.89. The van der Waals surface area contributed by atoms with Gasteiger partial charge in [0.1, 0.15) is 0 Å². The van der Waals surface area contributed by atoms with Gasteiger partial charge in [-0.1, -0.05) is 6.07 Å². The average Bonchev–Trinajstić information content (AvgIpc) is 3.01. The molecule has 106 valence electrons. The molecule has 3 rings (SSSR count). The first-order valence-corrected chi connectivity index (χ1v) is 6.53. The van der Waals surface area contributed by atoms with Crippen LogP contribution in [0.25, 0.3) is 0 Å². The molecule has 0 bridgehead atoms. The molecular formula is C14H15NO5. The molecule has 2 heterocycles. The first kappa shape index (κ1) is 12.8. The van der Waals surface area contributed by atoms with Crippen LogP contribution < -0.4 is 9.47 Å². The topological polar surface area (TPSA) is 76.1 Å². The quantitative estimate of drug-likeness (QED) is 0.904. The lowest BCUT2D eigenvalue weighted by Crippen LogP contribution is -2.30. The number of benzene rings is 1. The van der Waals surface area contributed by atoms with Gasteiger partial charge >= 0.3 is 5.97 Å². The minimum atomic E-state index is -0.947.